The molecule has 0 spiro atoms. The van der Waals surface area contributed by atoms with Gasteiger partial charge < -0.3 is 4.90 Å². The quantitative estimate of drug-likeness (QED) is 0.685. The summed E-state index contributed by atoms with van der Waals surface area (Å²) in [6, 6.07) is 13.5. The summed E-state index contributed by atoms with van der Waals surface area (Å²) >= 11 is 0. The van der Waals surface area contributed by atoms with Gasteiger partial charge >= 0.3 is 0 Å². The van der Waals surface area contributed by atoms with Crippen molar-refractivity contribution >= 4 is 15.9 Å². The number of carbonyl (C=O) groups is 1. The molecule has 2 rings (SSSR count). The molecule has 26 heavy (non-hydrogen) atoms. The molecule has 0 radical (unpaired) electrons. The lowest BCUT2D eigenvalue weighted by Gasteiger charge is -2.17. The van der Waals surface area contributed by atoms with Crippen LogP contribution in [0.5, 0.6) is 0 Å². The molecule has 0 saturated heterocycles. The number of benzene rings is 1. The van der Waals surface area contributed by atoms with E-state index in [1.54, 1.807) is 19.4 Å². The molecule has 0 unspecified atom stereocenters. The number of sulfonamides is 1. The van der Waals surface area contributed by atoms with Gasteiger partial charge in [0.05, 0.1) is 12.3 Å². The fourth-order valence-electron chi connectivity index (χ4n) is 2.46. The molecule has 6 nitrogen and oxygen atoms in total. The average molecular weight is 375 g/mol. The van der Waals surface area contributed by atoms with E-state index in [0.717, 1.165) is 11.1 Å². The number of aromatic nitrogens is 1. The molecule has 0 aliphatic carbocycles. The normalized spacial score (nSPS) is 11.3. The number of pyridine rings is 1. The minimum atomic E-state index is -3.45. The Balaban J connectivity index is 1.69. The topological polar surface area (TPSA) is 79.4 Å². The van der Waals surface area contributed by atoms with Crippen molar-refractivity contribution in [1.82, 2.24) is 14.6 Å². The van der Waals surface area contributed by atoms with E-state index in [4.69, 9.17) is 0 Å². The van der Waals surface area contributed by atoms with E-state index < -0.39 is 10.0 Å². The van der Waals surface area contributed by atoms with Gasteiger partial charge in [-0.25, -0.2) is 13.1 Å². The van der Waals surface area contributed by atoms with Gasteiger partial charge in [-0.1, -0.05) is 30.3 Å². The predicted octanol–water partition coefficient (Wildman–Crippen LogP) is 1.63. The highest BCUT2D eigenvalue weighted by molar-refractivity contribution is 7.89. The second-order valence-corrected chi connectivity index (χ2v) is 8.08. The van der Waals surface area contributed by atoms with Crippen LogP contribution in [0.4, 0.5) is 0 Å². The number of amides is 1. The van der Waals surface area contributed by atoms with Gasteiger partial charge in [0.2, 0.25) is 15.9 Å². The highest BCUT2D eigenvalue weighted by Gasteiger charge is 2.14. The molecule has 2 aromatic rings. The van der Waals surface area contributed by atoms with Crippen molar-refractivity contribution in [2.24, 2.45) is 0 Å². The van der Waals surface area contributed by atoms with Gasteiger partial charge in [0.1, 0.15) is 0 Å². The van der Waals surface area contributed by atoms with E-state index in [9.17, 15) is 13.2 Å². The molecule has 0 aliphatic heterocycles. The van der Waals surface area contributed by atoms with Crippen LogP contribution in [-0.2, 0) is 27.7 Å². The molecule has 1 N–H and O–H groups in total. The molecule has 7 heteroatoms. The minimum absolute atomic E-state index is 0.00983. The van der Waals surface area contributed by atoms with Gasteiger partial charge in [-0.05, 0) is 42.5 Å². The van der Waals surface area contributed by atoms with Crippen LogP contribution < -0.4 is 4.72 Å². The molecule has 0 fully saturated rings. The van der Waals surface area contributed by atoms with Gasteiger partial charge in [-0.3, -0.25) is 9.78 Å². The van der Waals surface area contributed by atoms with Crippen LogP contribution in [0.1, 0.15) is 17.5 Å². The van der Waals surface area contributed by atoms with Gasteiger partial charge in [-0.2, -0.15) is 0 Å². The van der Waals surface area contributed by atoms with Crippen LogP contribution in [0.15, 0.2) is 54.9 Å². The van der Waals surface area contributed by atoms with Crippen molar-refractivity contribution < 1.29 is 13.2 Å². The lowest BCUT2D eigenvalue weighted by molar-refractivity contribution is -0.128. The van der Waals surface area contributed by atoms with Gasteiger partial charge in [0.25, 0.3) is 0 Å². The number of hydrogen-bond acceptors (Lipinski definition) is 4. The summed E-state index contributed by atoms with van der Waals surface area (Å²) < 4.78 is 26.5. The first-order valence-electron chi connectivity index (χ1n) is 8.60. The number of aryl methyl sites for hydroxylation is 1. The van der Waals surface area contributed by atoms with Crippen molar-refractivity contribution in [2.75, 3.05) is 25.9 Å². The Bertz CT molecular complexity index is 780. The Labute approximate surface area is 155 Å². The van der Waals surface area contributed by atoms with E-state index in [1.165, 1.54) is 4.90 Å². The number of nitrogens with one attached hydrogen (secondary N) is 1. The molecule has 1 amide bonds. The third-order valence-corrected chi connectivity index (χ3v) is 5.49. The fraction of sp³-hybridized carbons (Fsp3) is 0.368. The Kier molecular flexibility index (Phi) is 7.74. The SMILES string of the molecule is CN(CCc1ccncc1)C(=O)CNS(=O)(=O)CCCc1ccccc1. The monoisotopic (exact) mass is 375 g/mol. The zero-order valence-corrected chi connectivity index (χ0v) is 15.8. The van der Waals surface area contributed by atoms with Crippen molar-refractivity contribution in [2.45, 2.75) is 19.3 Å². The molecule has 140 valence electrons. The number of nitrogens with zero attached hydrogens (tertiary/aromatic N) is 2. The standard InChI is InChI=1S/C19H25N3O3S/c1-22(14-11-18-9-12-20-13-10-18)19(23)16-21-26(24,25)15-5-8-17-6-3-2-4-7-17/h2-4,6-7,9-10,12-13,21H,5,8,11,14-16H2,1H3. The van der Waals surface area contributed by atoms with Crippen LogP contribution in [0.3, 0.4) is 0 Å². The summed E-state index contributed by atoms with van der Waals surface area (Å²) in [5.74, 6) is -0.235. The molecular formula is C19H25N3O3S. The Morgan fingerprint density at radius 3 is 2.38 bits per heavy atom. The van der Waals surface area contributed by atoms with Crippen LogP contribution in [-0.4, -0.2) is 50.1 Å². The largest absolute Gasteiger partial charge is 0.344 e. The average Bonchev–Trinajstić information content (AvgIpc) is 2.66. The van der Waals surface area contributed by atoms with Crippen molar-refractivity contribution in [3.8, 4) is 0 Å². The summed E-state index contributed by atoms with van der Waals surface area (Å²) in [5.41, 5.74) is 2.19. The Morgan fingerprint density at radius 2 is 1.69 bits per heavy atom. The van der Waals surface area contributed by atoms with Gasteiger partial charge in [0.15, 0.2) is 0 Å². The van der Waals surface area contributed by atoms with E-state index in [0.29, 0.717) is 25.8 Å². The zero-order valence-electron chi connectivity index (χ0n) is 15.0. The van der Waals surface area contributed by atoms with Gasteiger partial charge in [0, 0.05) is 26.0 Å². The smallest absolute Gasteiger partial charge is 0.237 e. The molecule has 0 aliphatic rings. The molecule has 1 aromatic heterocycles. The maximum Gasteiger partial charge on any atom is 0.237 e. The molecule has 0 bridgehead atoms. The van der Waals surface area contributed by atoms with Crippen LogP contribution >= 0.6 is 0 Å². The fourth-order valence-corrected chi connectivity index (χ4v) is 3.47. The van der Waals surface area contributed by atoms with E-state index in [-0.39, 0.29) is 18.2 Å². The molecule has 1 heterocycles. The van der Waals surface area contributed by atoms with E-state index in [2.05, 4.69) is 9.71 Å². The van der Waals surface area contributed by atoms with E-state index >= 15 is 0 Å². The number of likely N-dealkylation sites (N-methyl/N-ethyl adjacent to an activating group) is 1. The van der Waals surface area contributed by atoms with Gasteiger partial charge in [-0.15, -0.1) is 0 Å². The number of rotatable bonds is 10. The van der Waals surface area contributed by atoms with E-state index in [1.807, 2.05) is 42.5 Å². The van der Waals surface area contributed by atoms with Crippen LogP contribution in [0.25, 0.3) is 0 Å². The zero-order chi connectivity index (χ0) is 18.8. The number of carbonyl (C=O) groups excluding carboxylic acids is 1. The molecule has 1 aromatic carbocycles. The second kappa shape index (κ2) is 10.0. The van der Waals surface area contributed by atoms with Crippen LogP contribution in [0.2, 0.25) is 0 Å². The predicted molar refractivity (Wildman–Crippen MR) is 102 cm³/mol. The lowest BCUT2D eigenvalue weighted by Crippen LogP contribution is -2.39. The van der Waals surface area contributed by atoms with Crippen LogP contribution in [0, 0.1) is 0 Å². The highest BCUT2D eigenvalue weighted by atomic mass is 32.2. The van der Waals surface area contributed by atoms with Crippen molar-refractivity contribution in [3.63, 3.8) is 0 Å². The van der Waals surface area contributed by atoms with Crippen molar-refractivity contribution in [3.05, 3.63) is 66.0 Å². The first kappa shape index (κ1) is 20.1. The summed E-state index contributed by atoms with van der Waals surface area (Å²) in [6.45, 7) is 0.319. The second-order valence-electron chi connectivity index (χ2n) is 6.15. The van der Waals surface area contributed by atoms with Crippen molar-refractivity contribution in [1.29, 1.82) is 0 Å². The maximum atomic E-state index is 12.1. The molecule has 0 atom stereocenters. The minimum Gasteiger partial charge on any atom is -0.344 e. The maximum absolute atomic E-state index is 12.1. The Hall–Kier alpha value is -2.25. The molecular weight excluding hydrogens is 350 g/mol. The third kappa shape index (κ3) is 7.33. The summed E-state index contributed by atoms with van der Waals surface area (Å²) in [7, 11) is -1.78. The third-order valence-electron chi connectivity index (χ3n) is 4.08. The summed E-state index contributed by atoms with van der Waals surface area (Å²) in [5, 5.41) is 0. The first-order chi connectivity index (χ1) is 12.5. The first-order valence-corrected chi connectivity index (χ1v) is 10.3. The highest BCUT2D eigenvalue weighted by Crippen LogP contribution is 2.04. The Morgan fingerprint density at radius 1 is 1.04 bits per heavy atom. The molecule has 0 saturated carbocycles. The summed E-state index contributed by atoms with van der Waals surface area (Å²) in [6.07, 6.45) is 5.34. The lowest BCUT2D eigenvalue weighted by atomic mass is 10.1. The number of hydrogen-bond donors (Lipinski definition) is 1. The summed E-state index contributed by atoms with van der Waals surface area (Å²) in [4.78, 5) is 17.6.